The normalized spacial score (nSPS) is 15.0. The highest BCUT2D eigenvalue weighted by molar-refractivity contribution is 6.35. The Bertz CT molecular complexity index is 774. The number of carbonyl (C=O) groups excluding carboxylic acids is 2. The van der Waals surface area contributed by atoms with Gasteiger partial charge in [0.2, 0.25) is 5.91 Å². The first kappa shape index (κ1) is 17.6. The minimum absolute atomic E-state index is 0.103. The average molecular weight is 379 g/mol. The Morgan fingerprint density at radius 2 is 1.64 bits per heavy atom. The van der Waals surface area contributed by atoms with Crippen LogP contribution in [0.5, 0.6) is 0 Å². The van der Waals surface area contributed by atoms with Gasteiger partial charge in [0.25, 0.3) is 5.91 Å². The van der Waals surface area contributed by atoms with E-state index in [1.54, 1.807) is 52.5 Å². The molecule has 2 aromatic rings. The van der Waals surface area contributed by atoms with E-state index >= 15 is 0 Å². The quantitative estimate of drug-likeness (QED) is 0.766. The van der Waals surface area contributed by atoms with Crippen LogP contribution in [0.4, 0.5) is 0 Å². The van der Waals surface area contributed by atoms with Crippen LogP contribution in [0.3, 0.4) is 0 Å². The maximum Gasteiger partial charge on any atom is 0.254 e. The molecule has 1 aromatic heterocycles. The highest BCUT2D eigenvalue weighted by atomic mass is 35.5. The molecule has 0 N–H and O–H groups in total. The zero-order valence-corrected chi connectivity index (χ0v) is 14.8. The van der Waals surface area contributed by atoms with Gasteiger partial charge in [-0.2, -0.15) is 0 Å². The lowest BCUT2D eigenvalue weighted by molar-refractivity contribution is -0.127. The van der Waals surface area contributed by atoms with Gasteiger partial charge in [-0.3, -0.25) is 9.59 Å². The molecule has 0 radical (unpaired) electrons. The maximum atomic E-state index is 12.5. The van der Waals surface area contributed by atoms with E-state index < -0.39 is 0 Å². The molecule has 0 aliphatic carbocycles. The van der Waals surface area contributed by atoms with Crippen LogP contribution in [-0.2, 0) is 4.79 Å². The first-order chi connectivity index (χ1) is 12.0. The molecule has 130 valence electrons. The van der Waals surface area contributed by atoms with Gasteiger partial charge in [0.15, 0.2) is 0 Å². The SMILES string of the molecule is O=C(/C=C/c1ccco1)N1CCN(C(=O)c2cc(Cl)cc(Cl)c2)CC1. The van der Waals surface area contributed by atoms with E-state index in [-0.39, 0.29) is 11.8 Å². The second kappa shape index (κ2) is 7.76. The van der Waals surface area contributed by atoms with Crippen LogP contribution in [0, 0.1) is 0 Å². The van der Waals surface area contributed by atoms with Crippen molar-refractivity contribution < 1.29 is 14.0 Å². The lowest BCUT2D eigenvalue weighted by atomic mass is 10.2. The third kappa shape index (κ3) is 4.44. The van der Waals surface area contributed by atoms with Gasteiger partial charge in [-0.05, 0) is 36.4 Å². The van der Waals surface area contributed by atoms with Gasteiger partial charge in [0, 0.05) is 47.9 Å². The molecule has 0 atom stereocenters. The van der Waals surface area contributed by atoms with Crippen molar-refractivity contribution in [3.05, 3.63) is 64.0 Å². The Kier molecular flexibility index (Phi) is 5.46. The molecule has 0 spiro atoms. The van der Waals surface area contributed by atoms with E-state index in [0.717, 1.165) is 0 Å². The van der Waals surface area contributed by atoms with E-state index in [1.807, 2.05) is 0 Å². The minimum Gasteiger partial charge on any atom is -0.465 e. The molecule has 1 aromatic carbocycles. The molecule has 25 heavy (non-hydrogen) atoms. The van der Waals surface area contributed by atoms with Crippen molar-refractivity contribution >= 4 is 41.1 Å². The van der Waals surface area contributed by atoms with Gasteiger partial charge in [-0.1, -0.05) is 23.2 Å². The monoisotopic (exact) mass is 378 g/mol. The Balaban J connectivity index is 1.57. The Morgan fingerprint density at radius 3 is 2.24 bits per heavy atom. The number of amides is 2. The second-order valence-electron chi connectivity index (χ2n) is 5.62. The molecule has 5 nitrogen and oxygen atoms in total. The van der Waals surface area contributed by atoms with Gasteiger partial charge in [0.05, 0.1) is 6.26 Å². The predicted molar refractivity (Wildman–Crippen MR) is 96.7 cm³/mol. The van der Waals surface area contributed by atoms with Crippen LogP contribution in [0.2, 0.25) is 10.0 Å². The number of piperazine rings is 1. The van der Waals surface area contributed by atoms with Crippen LogP contribution in [0.15, 0.2) is 47.1 Å². The fourth-order valence-corrected chi connectivity index (χ4v) is 3.16. The van der Waals surface area contributed by atoms with Crippen molar-refractivity contribution in [2.45, 2.75) is 0 Å². The average Bonchev–Trinajstić information content (AvgIpc) is 3.12. The van der Waals surface area contributed by atoms with Crippen LogP contribution in [0.1, 0.15) is 16.1 Å². The van der Waals surface area contributed by atoms with Gasteiger partial charge in [-0.25, -0.2) is 0 Å². The molecular weight excluding hydrogens is 363 g/mol. The summed E-state index contributed by atoms with van der Waals surface area (Å²) in [4.78, 5) is 28.1. The molecule has 1 aliphatic rings. The number of carbonyl (C=O) groups is 2. The number of rotatable bonds is 3. The smallest absolute Gasteiger partial charge is 0.254 e. The summed E-state index contributed by atoms with van der Waals surface area (Å²) >= 11 is 11.9. The molecule has 2 heterocycles. The van der Waals surface area contributed by atoms with Crippen molar-refractivity contribution in [1.29, 1.82) is 0 Å². The number of furan rings is 1. The van der Waals surface area contributed by atoms with Crippen LogP contribution in [0.25, 0.3) is 6.08 Å². The van der Waals surface area contributed by atoms with Gasteiger partial charge < -0.3 is 14.2 Å². The van der Waals surface area contributed by atoms with Crippen LogP contribution < -0.4 is 0 Å². The van der Waals surface area contributed by atoms with Crippen molar-refractivity contribution in [1.82, 2.24) is 9.80 Å². The summed E-state index contributed by atoms with van der Waals surface area (Å²) < 4.78 is 5.16. The van der Waals surface area contributed by atoms with Gasteiger partial charge in [0.1, 0.15) is 5.76 Å². The molecular formula is C18H16Cl2N2O3. The van der Waals surface area contributed by atoms with Gasteiger partial charge >= 0.3 is 0 Å². The molecule has 1 aliphatic heterocycles. The zero-order valence-electron chi connectivity index (χ0n) is 13.3. The highest BCUT2D eigenvalue weighted by Gasteiger charge is 2.24. The van der Waals surface area contributed by atoms with Crippen molar-refractivity contribution in [2.24, 2.45) is 0 Å². The van der Waals surface area contributed by atoms with E-state index in [2.05, 4.69) is 0 Å². The summed E-state index contributed by atoms with van der Waals surface area (Å²) in [6.07, 6.45) is 4.66. The Labute approximate surface area is 155 Å². The van der Waals surface area contributed by atoms with Gasteiger partial charge in [-0.15, -0.1) is 0 Å². The highest BCUT2D eigenvalue weighted by Crippen LogP contribution is 2.20. The third-order valence-corrected chi connectivity index (χ3v) is 4.36. The third-order valence-electron chi connectivity index (χ3n) is 3.92. The molecule has 0 bridgehead atoms. The summed E-state index contributed by atoms with van der Waals surface area (Å²) in [6, 6.07) is 8.31. The summed E-state index contributed by atoms with van der Waals surface area (Å²) in [5.74, 6) is 0.386. The summed E-state index contributed by atoms with van der Waals surface area (Å²) in [5, 5.41) is 0.848. The Morgan fingerprint density at radius 1 is 1.00 bits per heavy atom. The summed E-state index contributed by atoms with van der Waals surface area (Å²) in [6.45, 7) is 1.87. The van der Waals surface area contributed by atoms with Crippen LogP contribution >= 0.6 is 23.2 Å². The molecule has 3 rings (SSSR count). The largest absolute Gasteiger partial charge is 0.465 e. The summed E-state index contributed by atoms with van der Waals surface area (Å²) in [7, 11) is 0. The standard InChI is InChI=1S/C18H16Cl2N2O3/c19-14-10-13(11-15(20)12-14)18(24)22-7-5-21(6-8-22)17(23)4-3-16-2-1-9-25-16/h1-4,9-12H,5-8H2/b4-3+. The van der Waals surface area contributed by atoms with Crippen molar-refractivity contribution in [3.63, 3.8) is 0 Å². The lowest BCUT2D eigenvalue weighted by Gasteiger charge is -2.34. The molecule has 1 saturated heterocycles. The van der Waals surface area contributed by atoms with E-state index in [9.17, 15) is 9.59 Å². The van der Waals surface area contributed by atoms with E-state index in [4.69, 9.17) is 27.6 Å². The molecule has 1 fully saturated rings. The number of hydrogen-bond donors (Lipinski definition) is 0. The van der Waals surface area contributed by atoms with Crippen molar-refractivity contribution in [2.75, 3.05) is 26.2 Å². The fourth-order valence-electron chi connectivity index (χ4n) is 2.63. The second-order valence-corrected chi connectivity index (χ2v) is 6.50. The summed E-state index contributed by atoms with van der Waals surface area (Å²) in [5.41, 5.74) is 0.454. The number of nitrogens with zero attached hydrogens (tertiary/aromatic N) is 2. The first-order valence-electron chi connectivity index (χ1n) is 7.79. The Hall–Kier alpha value is -2.24. The maximum absolute atomic E-state index is 12.5. The lowest BCUT2D eigenvalue weighted by Crippen LogP contribution is -2.50. The molecule has 0 saturated carbocycles. The topological polar surface area (TPSA) is 53.8 Å². The predicted octanol–water partition coefficient (Wildman–Crippen LogP) is 3.58. The first-order valence-corrected chi connectivity index (χ1v) is 8.54. The van der Waals surface area contributed by atoms with Crippen molar-refractivity contribution in [3.8, 4) is 0 Å². The number of halogens is 2. The molecule has 2 amide bonds. The molecule has 0 unspecified atom stereocenters. The zero-order chi connectivity index (χ0) is 17.8. The van der Waals surface area contributed by atoms with Crippen LogP contribution in [-0.4, -0.2) is 47.8 Å². The number of benzene rings is 1. The molecule has 7 heteroatoms. The minimum atomic E-state index is -0.136. The van der Waals surface area contributed by atoms with E-state index in [0.29, 0.717) is 47.5 Å². The number of hydrogen-bond acceptors (Lipinski definition) is 3. The fraction of sp³-hybridized carbons (Fsp3) is 0.222. The van der Waals surface area contributed by atoms with E-state index in [1.165, 1.54) is 6.08 Å².